The van der Waals surface area contributed by atoms with E-state index in [0.717, 1.165) is 24.8 Å². The molecule has 0 heterocycles. The zero-order valence-corrected chi connectivity index (χ0v) is 11.2. The molecule has 1 aliphatic rings. The number of carboxylic acid groups (broad SMARTS) is 1. The Kier molecular flexibility index (Phi) is 3.20. The average molecular weight is 248 g/mol. The Morgan fingerprint density at radius 1 is 1.39 bits per heavy atom. The molecule has 2 unspecified atom stereocenters. The van der Waals surface area contributed by atoms with E-state index in [2.05, 4.69) is 6.92 Å². The SMILES string of the molecule is CCC1Cc2cc(C)c(C(C)(O)C(=O)O)cc2C1. The number of aliphatic hydroxyl groups is 1. The second kappa shape index (κ2) is 4.39. The molecular formula is C15H20O3. The van der Waals surface area contributed by atoms with Crippen molar-refractivity contribution >= 4 is 5.97 Å². The molecule has 0 spiro atoms. The zero-order chi connectivity index (χ0) is 13.5. The van der Waals surface area contributed by atoms with Gasteiger partial charge in [-0.15, -0.1) is 0 Å². The van der Waals surface area contributed by atoms with Crippen LogP contribution in [-0.4, -0.2) is 16.2 Å². The molecule has 0 saturated carbocycles. The predicted molar refractivity (Wildman–Crippen MR) is 69.6 cm³/mol. The molecule has 0 amide bonds. The second-order valence-corrected chi connectivity index (χ2v) is 5.50. The lowest BCUT2D eigenvalue weighted by atomic mass is 9.89. The summed E-state index contributed by atoms with van der Waals surface area (Å²) in [5.41, 5.74) is 2.08. The first-order valence-electron chi connectivity index (χ1n) is 6.44. The van der Waals surface area contributed by atoms with Gasteiger partial charge in [-0.1, -0.05) is 25.5 Å². The number of aliphatic carboxylic acids is 1. The Labute approximate surface area is 107 Å². The van der Waals surface area contributed by atoms with E-state index in [4.69, 9.17) is 5.11 Å². The summed E-state index contributed by atoms with van der Waals surface area (Å²) in [4.78, 5) is 11.1. The van der Waals surface area contributed by atoms with Crippen molar-refractivity contribution in [1.82, 2.24) is 0 Å². The number of rotatable bonds is 3. The van der Waals surface area contributed by atoms with Crippen LogP contribution in [0, 0.1) is 12.8 Å². The summed E-state index contributed by atoms with van der Waals surface area (Å²) in [6.07, 6.45) is 3.20. The summed E-state index contributed by atoms with van der Waals surface area (Å²) in [5, 5.41) is 19.2. The molecule has 0 fully saturated rings. The first-order chi connectivity index (χ1) is 8.36. The predicted octanol–water partition coefficient (Wildman–Crippen LogP) is 2.41. The quantitative estimate of drug-likeness (QED) is 0.863. The van der Waals surface area contributed by atoms with Crippen LogP contribution in [0.3, 0.4) is 0 Å². The Morgan fingerprint density at radius 2 is 1.94 bits per heavy atom. The third-order valence-electron chi connectivity index (χ3n) is 4.08. The first-order valence-corrected chi connectivity index (χ1v) is 6.44. The largest absolute Gasteiger partial charge is 0.479 e. The summed E-state index contributed by atoms with van der Waals surface area (Å²) in [6.45, 7) is 5.39. The van der Waals surface area contributed by atoms with Crippen LogP contribution in [0.4, 0.5) is 0 Å². The van der Waals surface area contributed by atoms with E-state index in [-0.39, 0.29) is 0 Å². The Bertz CT molecular complexity index is 489. The maximum absolute atomic E-state index is 11.1. The van der Waals surface area contributed by atoms with Gasteiger partial charge in [0.25, 0.3) is 0 Å². The highest BCUT2D eigenvalue weighted by atomic mass is 16.4. The van der Waals surface area contributed by atoms with Crippen LogP contribution < -0.4 is 0 Å². The molecule has 1 aromatic carbocycles. The third-order valence-corrected chi connectivity index (χ3v) is 4.08. The van der Waals surface area contributed by atoms with Crippen molar-refractivity contribution in [2.45, 2.75) is 45.6 Å². The lowest BCUT2D eigenvalue weighted by Gasteiger charge is -2.21. The summed E-state index contributed by atoms with van der Waals surface area (Å²) in [7, 11) is 0. The van der Waals surface area contributed by atoms with Crippen molar-refractivity contribution in [1.29, 1.82) is 0 Å². The normalized spacial score (nSPS) is 21.4. The standard InChI is InChI=1S/C15H20O3/c1-4-10-6-11-5-9(2)13(8-12(11)7-10)15(3,18)14(16)17/h5,8,10,18H,4,6-7H2,1-3H3,(H,16,17). The summed E-state index contributed by atoms with van der Waals surface area (Å²) in [5.74, 6) is -0.542. The Morgan fingerprint density at radius 3 is 2.44 bits per heavy atom. The molecule has 1 aliphatic carbocycles. The maximum atomic E-state index is 11.1. The van der Waals surface area contributed by atoms with E-state index in [1.807, 2.05) is 19.1 Å². The van der Waals surface area contributed by atoms with Crippen LogP contribution in [0.25, 0.3) is 0 Å². The van der Waals surface area contributed by atoms with Gasteiger partial charge in [0.15, 0.2) is 5.60 Å². The molecule has 0 aromatic heterocycles. The van der Waals surface area contributed by atoms with Crippen molar-refractivity contribution in [2.75, 3.05) is 0 Å². The van der Waals surface area contributed by atoms with Gasteiger partial charge >= 0.3 is 5.97 Å². The number of carbonyl (C=O) groups is 1. The number of aryl methyl sites for hydroxylation is 1. The molecule has 0 saturated heterocycles. The van der Waals surface area contributed by atoms with Gasteiger partial charge in [-0.25, -0.2) is 4.79 Å². The number of benzene rings is 1. The molecular weight excluding hydrogens is 228 g/mol. The van der Waals surface area contributed by atoms with E-state index >= 15 is 0 Å². The molecule has 98 valence electrons. The zero-order valence-electron chi connectivity index (χ0n) is 11.2. The van der Waals surface area contributed by atoms with E-state index in [0.29, 0.717) is 11.5 Å². The van der Waals surface area contributed by atoms with Crippen molar-refractivity contribution in [3.8, 4) is 0 Å². The van der Waals surface area contributed by atoms with Crippen molar-refractivity contribution in [2.24, 2.45) is 5.92 Å². The van der Waals surface area contributed by atoms with Crippen LogP contribution in [-0.2, 0) is 23.2 Å². The molecule has 2 N–H and O–H groups in total. The van der Waals surface area contributed by atoms with Crippen molar-refractivity contribution in [3.05, 3.63) is 34.4 Å². The van der Waals surface area contributed by atoms with Gasteiger partial charge < -0.3 is 10.2 Å². The molecule has 0 aliphatic heterocycles. The highest BCUT2D eigenvalue weighted by molar-refractivity contribution is 5.79. The van der Waals surface area contributed by atoms with E-state index < -0.39 is 11.6 Å². The Hall–Kier alpha value is -1.35. The summed E-state index contributed by atoms with van der Waals surface area (Å²) < 4.78 is 0. The van der Waals surface area contributed by atoms with Crippen LogP contribution in [0.1, 0.15) is 42.5 Å². The van der Waals surface area contributed by atoms with Crippen molar-refractivity contribution < 1.29 is 15.0 Å². The van der Waals surface area contributed by atoms with Gasteiger partial charge in [0.1, 0.15) is 0 Å². The Balaban J connectivity index is 2.45. The molecule has 0 bridgehead atoms. The summed E-state index contributed by atoms with van der Waals surface area (Å²) >= 11 is 0. The van der Waals surface area contributed by atoms with Gasteiger partial charge in [0, 0.05) is 0 Å². The van der Waals surface area contributed by atoms with E-state index in [1.165, 1.54) is 18.1 Å². The van der Waals surface area contributed by atoms with Gasteiger partial charge in [0.2, 0.25) is 0 Å². The van der Waals surface area contributed by atoms with Gasteiger partial charge in [0.05, 0.1) is 0 Å². The minimum absolute atomic E-state index is 0.519. The topological polar surface area (TPSA) is 57.5 Å². The van der Waals surface area contributed by atoms with E-state index in [9.17, 15) is 9.90 Å². The molecule has 3 heteroatoms. The third kappa shape index (κ3) is 2.03. The lowest BCUT2D eigenvalue weighted by molar-refractivity contribution is -0.157. The van der Waals surface area contributed by atoms with Gasteiger partial charge in [-0.05, 0) is 54.9 Å². The number of hydrogen-bond acceptors (Lipinski definition) is 2. The van der Waals surface area contributed by atoms with Gasteiger partial charge in [-0.2, -0.15) is 0 Å². The smallest absolute Gasteiger partial charge is 0.340 e. The van der Waals surface area contributed by atoms with Crippen LogP contribution in [0.15, 0.2) is 12.1 Å². The van der Waals surface area contributed by atoms with Crippen LogP contribution >= 0.6 is 0 Å². The fourth-order valence-corrected chi connectivity index (χ4v) is 2.82. The maximum Gasteiger partial charge on any atom is 0.340 e. The highest BCUT2D eigenvalue weighted by Crippen LogP contribution is 2.34. The minimum atomic E-state index is -1.80. The summed E-state index contributed by atoms with van der Waals surface area (Å²) in [6, 6.07) is 3.92. The fourth-order valence-electron chi connectivity index (χ4n) is 2.82. The first kappa shape index (κ1) is 13.1. The minimum Gasteiger partial charge on any atom is -0.479 e. The molecule has 1 aromatic rings. The molecule has 0 radical (unpaired) electrons. The number of carboxylic acids is 1. The molecule has 2 atom stereocenters. The van der Waals surface area contributed by atoms with Gasteiger partial charge in [-0.3, -0.25) is 0 Å². The lowest BCUT2D eigenvalue weighted by Crippen LogP contribution is -2.32. The van der Waals surface area contributed by atoms with Crippen LogP contribution in [0.2, 0.25) is 0 Å². The average Bonchev–Trinajstić information content (AvgIpc) is 2.69. The van der Waals surface area contributed by atoms with Crippen LogP contribution in [0.5, 0.6) is 0 Å². The fraction of sp³-hybridized carbons (Fsp3) is 0.533. The monoisotopic (exact) mass is 248 g/mol. The highest BCUT2D eigenvalue weighted by Gasteiger charge is 2.35. The number of fused-ring (bicyclic) bond motifs is 1. The van der Waals surface area contributed by atoms with E-state index in [1.54, 1.807) is 0 Å². The molecule has 18 heavy (non-hydrogen) atoms. The molecule has 3 nitrogen and oxygen atoms in total. The second-order valence-electron chi connectivity index (χ2n) is 5.50. The number of hydrogen-bond donors (Lipinski definition) is 2. The molecule has 2 rings (SSSR count). The van der Waals surface area contributed by atoms with Crippen molar-refractivity contribution in [3.63, 3.8) is 0 Å².